The molecule has 0 aliphatic rings. The summed E-state index contributed by atoms with van der Waals surface area (Å²) < 4.78 is 0. The van der Waals surface area contributed by atoms with Crippen LogP contribution in [0.4, 0.5) is 0 Å². The van der Waals surface area contributed by atoms with Crippen molar-refractivity contribution in [2.24, 2.45) is 0 Å². The largest absolute Gasteiger partial charge is 0.316 e. The standard InChI is InChI=1S/C6H14BrNS/c1-9-6-5-8-4-2-3-7/h8H,2-6H2,1H3. The predicted molar refractivity (Wildman–Crippen MR) is 49.7 cm³/mol. The van der Waals surface area contributed by atoms with E-state index in [1.807, 2.05) is 11.8 Å². The lowest BCUT2D eigenvalue weighted by Gasteiger charge is -1.99. The van der Waals surface area contributed by atoms with Crippen molar-refractivity contribution in [3.05, 3.63) is 0 Å². The summed E-state index contributed by atoms with van der Waals surface area (Å²) in [6, 6.07) is 0. The first-order valence-corrected chi connectivity index (χ1v) is 5.69. The van der Waals surface area contributed by atoms with E-state index in [9.17, 15) is 0 Å². The molecule has 0 aliphatic heterocycles. The highest BCUT2D eigenvalue weighted by atomic mass is 79.9. The maximum absolute atomic E-state index is 3.37. The summed E-state index contributed by atoms with van der Waals surface area (Å²) in [5.74, 6) is 1.22. The van der Waals surface area contributed by atoms with Gasteiger partial charge in [0.1, 0.15) is 0 Å². The number of thioether (sulfide) groups is 1. The van der Waals surface area contributed by atoms with Gasteiger partial charge < -0.3 is 5.32 Å². The van der Waals surface area contributed by atoms with Crippen LogP contribution in [0.25, 0.3) is 0 Å². The van der Waals surface area contributed by atoms with Crippen molar-refractivity contribution in [1.82, 2.24) is 5.32 Å². The molecule has 0 saturated heterocycles. The Hall–Kier alpha value is 0.790. The lowest BCUT2D eigenvalue weighted by molar-refractivity contribution is 0.713. The van der Waals surface area contributed by atoms with Crippen molar-refractivity contribution in [3.8, 4) is 0 Å². The van der Waals surface area contributed by atoms with E-state index in [1.165, 1.54) is 12.2 Å². The highest BCUT2D eigenvalue weighted by molar-refractivity contribution is 9.09. The average Bonchev–Trinajstić information content (AvgIpc) is 1.89. The van der Waals surface area contributed by atoms with Crippen molar-refractivity contribution in [2.75, 3.05) is 30.4 Å². The summed E-state index contributed by atoms with van der Waals surface area (Å²) in [4.78, 5) is 0. The third kappa shape index (κ3) is 8.79. The van der Waals surface area contributed by atoms with Gasteiger partial charge in [0.25, 0.3) is 0 Å². The first kappa shape index (κ1) is 9.79. The van der Waals surface area contributed by atoms with E-state index in [-0.39, 0.29) is 0 Å². The first-order chi connectivity index (χ1) is 4.41. The zero-order chi connectivity index (χ0) is 6.95. The fourth-order valence-electron chi connectivity index (χ4n) is 0.491. The van der Waals surface area contributed by atoms with Crippen molar-refractivity contribution < 1.29 is 0 Å². The van der Waals surface area contributed by atoms with E-state index in [4.69, 9.17) is 0 Å². The van der Waals surface area contributed by atoms with Crippen LogP contribution in [0.3, 0.4) is 0 Å². The summed E-state index contributed by atoms with van der Waals surface area (Å²) in [5, 5.41) is 4.45. The number of nitrogens with one attached hydrogen (secondary N) is 1. The maximum atomic E-state index is 3.37. The minimum atomic E-state index is 1.11. The highest BCUT2D eigenvalue weighted by Crippen LogP contribution is 1.88. The van der Waals surface area contributed by atoms with Gasteiger partial charge in [-0.15, -0.1) is 0 Å². The van der Waals surface area contributed by atoms with E-state index < -0.39 is 0 Å². The van der Waals surface area contributed by atoms with Gasteiger partial charge in [0.05, 0.1) is 0 Å². The molecule has 56 valence electrons. The van der Waals surface area contributed by atoms with Gasteiger partial charge in [0.15, 0.2) is 0 Å². The molecule has 9 heavy (non-hydrogen) atoms. The zero-order valence-electron chi connectivity index (χ0n) is 5.82. The Morgan fingerprint density at radius 3 is 2.78 bits per heavy atom. The molecule has 0 radical (unpaired) electrons. The number of alkyl halides is 1. The molecule has 1 N–H and O–H groups in total. The van der Waals surface area contributed by atoms with E-state index in [0.29, 0.717) is 0 Å². The van der Waals surface area contributed by atoms with E-state index in [1.54, 1.807) is 0 Å². The molecule has 0 aromatic carbocycles. The molecule has 0 saturated carbocycles. The predicted octanol–water partition coefficient (Wildman–Crippen LogP) is 1.72. The highest BCUT2D eigenvalue weighted by Gasteiger charge is 1.83. The SMILES string of the molecule is CSCCNCCCBr. The van der Waals surface area contributed by atoms with Crippen LogP contribution < -0.4 is 5.32 Å². The Kier molecular flexibility index (Phi) is 9.56. The van der Waals surface area contributed by atoms with Crippen molar-refractivity contribution in [3.63, 3.8) is 0 Å². The third-order valence-electron chi connectivity index (χ3n) is 0.970. The van der Waals surface area contributed by atoms with Crippen molar-refractivity contribution in [2.45, 2.75) is 6.42 Å². The van der Waals surface area contributed by atoms with Gasteiger partial charge in [-0.2, -0.15) is 11.8 Å². The van der Waals surface area contributed by atoms with E-state index in [0.717, 1.165) is 18.4 Å². The van der Waals surface area contributed by atoms with Crippen molar-refractivity contribution >= 4 is 27.7 Å². The number of rotatable bonds is 6. The molecule has 0 spiro atoms. The van der Waals surface area contributed by atoms with Crippen LogP contribution in [-0.4, -0.2) is 30.4 Å². The lowest BCUT2D eigenvalue weighted by Crippen LogP contribution is -2.18. The van der Waals surface area contributed by atoms with Gasteiger partial charge in [-0.1, -0.05) is 15.9 Å². The number of halogens is 1. The molecule has 0 amide bonds. The molecular formula is C6H14BrNS. The smallest absolute Gasteiger partial charge is 0.00553 e. The van der Waals surface area contributed by atoms with E-state index >= 15 is 0 Å². The Bertz CT molecular complexity index is 46.3. The summed E-state index contributed by atoms with van der Waals surface area (Å²) in [7, 11) is 0. The number of hydrogen-bond acceptors (Lipinski definition) is 2. The zero-order valence-corrected chi connectivity index (χ0v) is 8.22. The molecule has 0 heterocycles. The van der Waals surface area contributed by atoms with Gasteiger partial charge >= 0.3 is 0 Å². The van der Waals surface area contributed by atoms with Crippen LogP contribution in [0, 0.1) is 0 Å². The van der Waals surface area contributed by atoms with Crippen molar-refractivity contribution in [1.29, 1.82) is 0 Å². The van der Waals surface area contributed by atoms with Crippen LogP contribution in [0.15, 0.2) is 0 Å². The summed E-state index contributed by atoms with van der Waals surface area (Å²) in [5.41, 5.74) is 0. The minimum Gasteiger partial charge on any atom is -0.316 e. The fraction of sp³-hybridized carbons (Fsp3) is 1.00. The second-order valence-electron chi connectivity index (χ2n) is 1.79. The molecule has 0 atom stereocenters. The average molecular weight is 212 g/mol. The Balaban J connectivity index is 2.60. The molecule has 0 bridgehead atoms. The molecule has 0 aromatic rings. The van der Waals surface area contributed by atoms with Gasteiger partial charge in [-0.3, -0.25) is 0 Å². The quantitative estimate of drug-likeness (QED) is 0.531. The van der Waals surface area contributed by atoms with Crippen LogP contribution in [-0.2, 0) is 0 Å². The third-order valence-corrected chi connectivity index (χ3v) is 2.14. The minimum absolute atomic E-state index is 1.11. The van der Waals surface area contributed by atoms with Crippen LogP contribution in [0.2, 0.25) is 0 Å². The Morgan fingerprint density at radius 2 is 2.22 bits per heavy atom. The number of hydrogen-bond donors (Lipinski definition) is 1. The molecule has 3 heteroatoms. The van der Waals surface area contributed by atoms with Gasteiger partial charge in [0, 0.05) is 17.6 Å². The van der Waals surface area contributed by atoms with E-state index in [2.05, 4.69) is 27.5 Å². The molecule has 1 nitrogen and oxygen atoms in total. The van der Waals surface area contributed by atoms with Gasteiger partial charge in [-0.05, 0) is 19.2 Å². The van der Waals surface area contributed by atoms with Crippen LogP contribution in [0.5, 0.6) is 0 Å². The molecular weight excluding hydrogens is 198 g/mol. The molecule has 0 unspecified atom stereocenters. The first-order valence-electron chi connectivity index (χ1n) is 3.17. The van der Waals surface area contributed by atoms with Crippen LogP contribution in [0.1, 0.15) is 6.42 Å². The summed E-state index contributed by atoms with van der Waals surface area (Å²) in [6.45, 7) is 2.29. The second kappa shape index (κ2) is 8.79. The maximum Gasteiger partial charge on any atom is 0.00553 e. The Labute approximate surface area is 70.1 Å². The summed E-state index contributed by atoms with van der Waals surface area (Å²) in [6.07, 6.45) is 3.36. The normalized spacial score (nSPS) is 10.0. The summed E-state index contributed by atoms with van der Waals surface area (Å²) >= 11 is 5.26. The topological polar surface area (TPSA) is 12.0 Å². The van der Waals surface area contributed by atoms with Gasteiger partial charge in [0.2, 0.25) is 0 Å². The molecule has 0 fully saturated rings. The van der Waals surface area contributed by atoms with Crippen LogP contribution >= 0.6 is 27.7 Å². The monoisotopic (exact) mass is 211 g/mol. The fourth-order valence-corrected chi connectivity index (χ4v) is 1.12. The second-order valence-corrected chi connectivity index (χ2v) is 3.56. The molecule has 0 aliphatic carbocycles. The lowest BCUT2D eigenvalue weighted by atomic mass is 10.5. The molecule has 0 rings (SSSR count). The van der Waals surface area contributed by atoms with Gasteiger partial charge in [-0.25, -0.2) is 0 Å². The molecule has 0 aromatic heterocycles. The Morgan fingerprint density at radius 1 is 1.44 bits per heavy atom.